The molecule has 0 aliphatic carbocycles. The Balaban J connectivity index is 2.65. The van der Waals surface area contributed by atoms with Gasteiger partial charge in [-0.1, -0.05) is 12.1 Å². The topological polar surface area (TPSA) is 104 Å². The molecule has 5 N–H and O–H groups in total. The molecule has 0 atom stereocenters. The molecule has 1 aromatic carbocycles. The van der Waals surface area contributed by atoms with Gasteiger partial charge in [0.2, 0.25) is 0 Å². The number of benzene rings is 1. The molecule has 0 heterocycles. The van der Waals surface area contributed by atoms with Crippen molar-refractivity contribution in [3.63, 3.8) is 0 Å². The molecule has 0 aliphatic heterocycles. The van der Waals surface area contributed by atoms with Crippen LogP contribution in [0.3, 0.4) is 0 Å². The molecule has 0 saturated carbocycles. The number of amides is 2. The van der Waals surface area contributed by atoms with Crippen LogP contribution < -0.4 is 16.6 Å². The van der Waals surface area contributed by atoms with Crippen molar-refractivity contribution < 1.29 is 14.7 Å². The summed E-state index contributed by atoms with van der Waals surface area (Å²) < 4.78 is 0. The van der Waals surface area contributed by atoms with E-state index >= 15 is 0 Å². The number of aliphatic hydroxyl groups excluding tert-OH is 1. The van der Waals surface area contributed by atoms with Gasteiger partial charge in [0, 0.05) is 12.3 Å². The van der Waals surface area contributed by atoms with Gasteiger partial charge in [0.15, 0.2) is 0 Å². The summed E-state index contributed by atoms with van der Waals surface area (Å²) in [6.45, 7) is 0.117. The summed E-state index contributed by atoms with van der Waals surface area (Å²) in [4.78, 5) is 22.1. The molecule has 1 rings (SSSR count). The first kappa shape index (κ1) is 13.1. The molecule has 0 aliphatic rings. The van der Waals surface area contributed by atoms with Crippen LogP contribution in [0.2, 0.25) is 0 Å². The van der Waals surface area contributed by atoms with Crippen molar-refractivity contribution in [2.45, 2.75) is 12.8 Å². The van der Waals surface area contributed by atoms with E-state index in [4.69, 9.17) is 10.9 Å². The lowest BCUT2D eigenvalue weighted by molar-refractivity contribution is -0.136. The third-order valence-electron chi connectivity index (χ3n) is 2.15. The Morgan fingerprint density at radius 2 is 2.06 bits per heavy atom. The minimum absolute atomic E-state index is 0.117. The quantitative estimate of drug-likeness (QED) is 0.246. The maximum Gasteiger partial charge on any atom is 0.323 e. The fourth-order valence-corrected chi connectivity index (χ4v) is 1.34. The number of aryl methyl sites for hydroxylation is 1. The first-order valence-electron chi connectivity index (χ1n) is 5.19. The molecular weight excluding hydrogens is 222 g/mol. The van der Waals surface area contributed by atoms with Crippen molar-refractivity contribution in [2.24, 2.45) is 5.84 Å². The highest BCUT2D eigenvalue weighted by Crippen LogP contribution is 2.12. The lowest BCUT2D eigenvalue weighted by atomic mass is 10.1. The monoisotopic (exact) mass is 237 g/mol. The van der Waals surface area contributed by atoms with Gasteiger partial charge in [-0.05, 0) is 30.5 Å². The van der Waals surface area contributed by atoms with Crippen LogP contribution in [0.4, 0.5) is 5.69 Å². The smallest absolute Gasteiger partial charge is 0.323 e. The summed E-state index contributed by atoms with van der Waals surface area (Å²) in [5, 5.41) is 11.1. The maximum atomic E-state index is 11.2. The second kappa shape index (κ2) is 6.62. The van der Waals surface area contributed by atoms with E-state index in [1.165, 1.54) is 0 Å². The molecule has 0 spiro atoms. The highest BCUT2D eigenvalue weighted by molar-refractivity contribution is 6.39. The number of carbonyl (C=O) groups is 2. The third kappa shape index (κ3) is 4.21. The van der Waals surface area contributed by atoms with Crippen molar-refractivity contribution in [3.05, 3.63) is 29.8 Å². The van der Waals surface area contributed by atoms with Gasteiger partial charge in [0.25, 0.3) is 0 Å². The fraction of sp³-hybridized carbons (Fsp3) is 0.273. The number of nitrogens with one attached hydrogen (secondary N) is 2. The maximum absolute atomic E-state index is 11.2. The lowest BCUT2D eigenvalue weighted by Gasteiger charge is -2.06. The molecule has 0 aromatic heterocycles. The van der Waals surface area contributed by atoms with Gasteiger partial charge in [-0.25, -0.2) is 5.84 Å². The van der Waals surface area contributed by atoms with E-state index in [0.29, 0.717) is 18.5 Å². The number of rotatable bonds is 4. The molecule has 17 heavy (non-hydrogen) atoms. The van der Waals surface area contributed by atoms with Gasteiger partial charge >= 0.3 is 11.8 Å². The van der Waals surface area contributed by atoms with Crippen LogP contribution in [0.5, 0.6) is 0 Å². The molecule has 6 heteroatoms. The van der Waals surface area contributed by atoms with Crippen LogP contribution in [0.25, 0.3) is 0 Å². The predicted molar refractivity (Wildman–Crippen MR) is 62.8 cm³/mol. The summed E-state index contributed by atoms with van der Waals surface area (Å²) in [6.07, 6.45) is 1.37. The van der Waals surface area contributed by atoms with Crippen molar-refractivity contribution >= 4 is 17.5 Å². The number of hydrogen-bond acceptors (Lipinski definition) is 4. The van der Waals surface area contributed by atoms with Crippen molar-refractivity contribution in [3.8, 4) is 0 Å². The number of hydrogen-bond donors (Lipinski definition) is 4. The van der Waals surface area contributed by atoms with E-state index in [1.54, 1.807) is 23.6 Å². The van der Waals surface area contributed by atoms with Crippen LogP contribution in [0.15, 0.2) is 24.3 Å². The minimum atomic E-state index is -0.897. The summed E-state index contributed by atoms with van der Waals surface area (Å²) in [5.74, 6) is 3.12. The Kier molecular flexibility index (Phi) is 5.12. The standard InChI is InChI=1S/C11H15N3O3/c12-14-11(17)10(16)13-9-5-1-3-8(7-9)4-2-6-15/h1,3,5,7,15H,2,4,6,12H2,(H,13,16)(H,14,17). The first-order chi connectivity index (χ1) is 8.17. The Labute approximate surface area is 98.8 Å². The van der Waals surface area contributed by atoms with E-state index in [0.717, 1.165) is 5.56 Å². The molecule has 0 unspecified atom stereocenters. The van der Waals surface area contributed by atoms with E-state index in [2.05, 4.69) is 5.32 Å². The first-order valence-corrected chi connectivity index (χ1v) is 5.19. The molecule has 0 saturated heterocycles. The zero-order chi connectivity index (χ0) is 12.7. The van der Waals surface area contributed by atoms with E-state index < -0.39 is 11.8 Å². The largest absolute Gasteiger partial charge is 0.396 e. The Morgan fingerprint density at radius 3 is 2.71 bits per heavy atom. The van der Waals surface area contributed by atoms with Crippen molar-refractivity contribution in [1.29, 1.82) is 0 Å². The highest BCUT2D eigenvalue weighted by atomic mass is 16.3. The van der Waals surface area contributed by atoms with E-state index in [-0.39, 0.29) is 6.61 Å². The Bertz CT molecular complexity index is 407. The molecule has 0 bridgehead atoms. The predicted octanol–water partition coefficient (Wildman–Crippen LogP) is -0.460. The van der Waals surface area contributed by atoms with Crippen molar-refractivity contribution in [2.75, 3.05) is 11.9 Å². The van der Waals surface area contributed by atoms with E-state index in [1.807, 2.05) is 6.07 Å². The summed E-state index contributed by atoms with van der Waals surface area (Å²) in [5.41, 5.74) is 3.25. The Hall–Kier alpha value is -1.92. The number of nitrogens with two attached hydrogens (primary N) is 1. The van der Waals surface area contributed by atoms with E-state index in [9.17, 15) is 9.59 Å². The van der Waals surface area contributed by atoms with Crippen LogP contribution in [-0.2, 0) is 16.0 Å². The second-order valence-corrected chi connectivity index (χ2v) is 3.46. The van der Waals surface area contributed by atoms with Crippen LogP contribution >= 0.6 is 0 Å². The molecule has 0 radical (unpaired) electrons. The minimum Gasteiger partial charge on any atom is -0.396 e. The van der Waals surface area contributed by atoms with Crippen LogP contribution in [0, 0.1) is 0 Å². The van der Waals surface area contributed by atoms with Gasteiger partial charge in [0.05, 0.1) is 0 Å². The number of aliphatic hydroxyl groups is 1. The average molecular weight is 237 g/mol. The normalized spacial score (nSPS) is 9.76. The van der Waals surface area contributed by atoms with Gasteiger partial charge < -0.3 is 10.4 Å². The van der Waals surface area contributed by atoms with Gasteiger partial charge in [-0.15, -0.1) is 0 Å². The number of hydrazine groups is 1. The highest BCUT2D eigenvalue weighted by Gasteiger charge is 2.11. The molecule has 0 fully saturated rings. The summed E-state index contributed by atoms with van der Waals surface area (Å²) in [7, 11) is 0. The second-order valence-electron chi connectivity index (χ2n) is 3.46. The van der Waals surface area contributed by atoms with Crippen molar-refractivity contribution in [1.82, 2.24) is 5.43 Å². The molecule has 2 amide bonds. The zero-order valence-corrected chi connectivity index (χ0v) is 9.27. The third-order valence-corrected chi connectivity index (χ3v) is 2.15. The van der Waals surface area contributed by atoms with Crippen LogP contribution in [-0.4, -0.2) is 23.5 Å². The van der Waals surface area contributed by atoms with Gasteiger partial charge in [-0.3, -0.25) is 15.0 Å². The molecule has 6 nitrogen and oxygen atoms in total. The zero-order valence-electron chi connectivity index (χ0n) is 9.27. The van der Waals surface area contributed by atoms with Crippen LogP contribution in [0.1, 0.15) is 12.0 Å². The van der Waals surface area contributed by atoms with Gasteiger partial charge in [-0.2, -0.15) is 0 Å². The molecular formula is C11H15N3O3. The molecule has 92 valence electrons. The number of anilines is 1. The average Bonchev–Trinajstić information content (AvgIpc) is 2.35. The number of carbonyl (C=O) groups excluding carboxylic acids is 2. The Morgan fingerprint density at radius 1 is 1.29 bits per heavy atom. The molecule has 1 aromatic rings. The SMILES string of the molecule is NNC(=O)C(=O)Nc1cccc(CCCO)c1. The summed E-state index contributed by atoms with van der Waals surface area (Å²) >= 11 is 0. The summed E-state index contributed by atoms with van der Waals surface area (Å²) in [6, 6.07) is 7.07. The lowest BCUT2D eigenvalue weighted by Crippen LogP contribution is -2.39. The van der Waals surface area contributed by atoms with Gasteiger partial charge in [0.1, 0.15) is 0 Å². The fourth-order valence-electron chi connectivity index (χ4n) is 1.34.